The second-order valence-corrected chi connectivity index (χ2v) is 5.37. The highest BCUT2D eigenvalue weighted by atomic mass is 16.4. The molecule has 0 heterocycles. The fraction of sp³-hybridized carbons (Fsp3) is 0.917. The molecule has 1 unspecified atom stereocenters. The van der Waals surface area contributed by atoms with Crippen LogP contribution in [0.3, 0.4) is 0 Å². The number of hydrogen-bond acceptors (Lipinski definition) is 2. The van der Waals surface area contributed by atoms with Crippen LogP contribution in [0.15, 0.2) is 0 Å². The molecule has 1 fully saturated rings. The summed E-state index contributed by atoms with van der Waals surface area (Å²) in [5.74, 6) is -0.686. The number of rotatable bonds is 5. The van der Waals surface area contributed by atoms with Gasteiger partial charge in [0.05, 0.1) is 0 Å². The number of carboxylic acids is 1. The maximum atomic E-state index is 10.4. The third-order valence-electron chi connectivity index (χ3n) is 3.63. The molecule has 0 aromatic heterocycles. The number of carbonyl (C=O) groups is 1. The zero-order chi connectivity index (χ0) is 11.5. The third-order valence-corrected chi connectivity index (χ3v) is 3.63. The second kappa shape index (κ2) is 4.97. The van der Waals surface area contributed by atoms with Crippen LogP contribution >= 0.6 is 0 Å². The van der Waals surface area contributed by atoms with Crippen molar-refractivity contribution in [1.82, 2.24) is 4.90 Å². The quantitative estimate of drug-likeness (QED) is 0.762. The maximum absolute atomic E-state index is 10.4. The first-order valence-electron chi connectivity index (χ1n) is 5.85. The van der Waals surface area contributed by atoms with Crippen molar-refractivity contribution in [2.24, 2.45) is 5.41 Å². The van der Waals surface area contributed by atoms with Gasteiger partial charge in [-0.1, -0.05) is 20.3 Å². The lowest BCUT2D eigenvalue weighted by atomic mass is 9.86. The smallest absolute Gasteiger partial charge is 0.303 e. The summed E-state index contributed by atoms with van der Waals surface area (Å²) >= 11 is 0. The SMILES string of the molecule is CN(CCCC(=O)O)C1CCCC1(C)C. The van der Waals surface area contributed by atoms with E-state index in [0.717, 1.165) is 13.0 Å². The Kier molecular flexibility index (Phi) is 4.14. The molecule has 1 N–H and O–H groups in total. The summed E-state index contributed by atoms with van der Waals surface area (Å²) in [4.78, 5) is 12.8. The zero-order valence-electron chi connectivity index (χ0n) is 10.1. The van der Waals surface area contributed by atoms with E-state index in [0.29, 0.717) is 11.5 Å². The molecule has 1 aliphatic carbocycles. The molecule has 0 aliphatic heterocycles. The molecule has 0 aromatic rings. The van der Waals surface area contributed by atoms with E-state index < -0.39 is 5.97 Å². The molecule has 0 amide bonds. The van der Waals surface area contributed by atoms with Gasteiger partial charge < -0.3 is 10.0 Å². The van der Waals surface area contributed by atoms with Gasteiger partial charge in [-0.3, -0.25) is 4.79 Å². The number of nitrogens with zero attached hydrogens (tertiary/aromatic N) is 1. The van der Waals surface area contributed by atoms with Gasteiger partial charge in [0.15, 0.2) is 0 Å². The molecular weight excluding hydrogens is 190 g/mol. The first-order chi connectivity index (χ1) is 6.93. The summed E-state index contributed by atoms with van der Waals surface area (Å²) in [5.41, 5.74) is 0.401. The minimum Gasteiger partial charge on any atom is -0.481 e. The molecule has 1 aliphatic rings. The fourth-order valence-corrected chi connectivity index (χ4v) is 2.76. The van der Waals surface area contributed by atoms with Crippen LogP contribution in [0.25, 0.3) is 0 Å². The van der Waals surface area contributed by atoms with Crippen molar-refractivity contribution in [1.29, 1.82) is 0 Å². The predicted octanol–water partition coefficient (Wildman–Crippen LogP) is 2.36. The molecule has 1 saturated carbocycles. The van der Waals surface area contributed by atoms with E-state index in [1.807, 2.05) is 0 Å². The molecular formula is C12H23NO2. The van der Waals surface area contributed by atoms with Crippen molar-refractivity contribution in [2.45, 2.75) is 52.0 Å². The summed E-state index contributed by atoms with van der Waals surface area (Å²) in [6.45, 7) is 5.54. The van der Waals surface area contributed by atoms with Crippen molar-refractivity contribution in [2.75, 3.05) is 13.6 Å². The average molecular weight is 213 g/mol. The van der Waals surface area contributed by atoms with Gasteiger partial charge in [0.1, 0.15) is 0 Å². The zero-order valence-corrected chi connectivity index (χ0v) is 10.1. The second-order valence-electron chi connectivity index (χ2n) is 5.37. The topological polar surface area (TPSA) is 40.5 Å². The van der Waals surface area contributed by atoms with E-state index >= 15 is 0 Å². The van der Waals surface area contributed by atoms with Crippen molar-refractivity contribution < 1.29 is 9.90 Å². The van der Waals surface area contributed by atoms with E-state index in [2.05, 4.69) is 25.8 Å². The van der Waals surface area contributed by atoms with Crippen LogP contribution in [0.2, 0.25) is 0 Å². The Hall–Kier alpha value is -0.570. The molecule has 3 nitrogen and oxygen atoms in total. The lowest BCUT2D eigenvalue weighted by molar-refractivity contribution is -0.137. The Morgan fingerprint density at radius 2 is 2.20 bits per heavy atom. The molecule has 0 spiro atoms. The van der Waals surface area contributed by atoms with Gasteiger partial charge in [-0.2, -0.15) is 0 Å². The summed E-state index contributed by atoms with van der Waals surface area (Å²) < 4.78 is 0. The summed E-state index contributed by atoms with van der Waals surface area (Å²) in [5, 5.41) is 8.58. The van der Waals surface area contributed by atoms with Crippen molar-refractivity contribution in [3.8, 4) is 0 Å². The highest BCUT2D eigenvalue weighted by molar-refractivity contribution is 5.66. The third kappa shape index (κ3) is 3.49. The number of hydrogen-bond donors (Lipinski definition) is 1. The molecule has 1 atom stereocenters. The first-order valence-corrected chi connectivity index (χ1v) is 5.85. The number of carboxylic acid groups (broad SMARTS) is 1. The largest absolute Gasteiger partial charge is 0.481 e. The van der Waals surface area contributed by atoms with Gasteiger partial charge in [-0.05, 0) is 38.3 Å². The number of aliphatic carboxylic acids is 1. The maximum Gasteiger partial charge on any atom is 0.303 e. The Balaban J connectivity index is 2.33. The first kappa shape index (κ1) is 12.5. The van der Waals surface area contributed by atoms with E-state index in [4.69, 9.17) is 5.11 Å². The van der Waals surface area contributed by atoms with Crippen LogP contribution in [0.4, 0.5) is 0 Å². The van der Waals surface area contributed by atoms with Crippen molar-refractivity contribution in [3.63, 3.8) is 0 Å². The molecule has 88 valence electrons. The van der Waals surface area contributed by atoms with Crippen molar-refractivity contribution >= 4 is 5.97 Å². The van der Waals surface area contributed by atoms with Crippen LogP contribution in [-0.2, 0) is 4.79 Å². The Labute approximate surface area is 92.5 Å². The van der Waals surface area contributed by atoms with Crippen LogP contribution in [0.1, 0.15) is 46.0 Å². The Bertz CT molecular complexity index is 226. The van der Waals surface area contributed by atoms with E-state index in [1.54, 1.807) is 0 Å². The summed E-state index contributed by atoms with van der Waals surface area (Å²) in [6.07, 6.45) is 4.91. The highest BCUT2D eigenvalue weighted by Crippen LogP contribution is 2.39. The van der Waals surface area contributed by atoms with E-state index in [-0.39, 0.29) is 6.42 Å². The van der Waals surface area contributed by atoms with Gasteiger partial charge in [-0.25, -0.2) is 0 Å². The van der Waals surface area contributed by atoms with Crippen LogP contribution < -0.4 is 0 Å². The lowest BCUT2D eigenvalue weighted by Gasteiger charge is -2.35. The fourth-order valence-electron chi connectivity index (χ4n) is 2.76. The molecule has 1 rings (SSSR count). The Morgan fingerprint density at radius 3 is 2.67 bits per heavy atom. The van der Waals surface area contributed by atoms with Crippen LogP contribution in [-0.4, -0.2) is 35.6 Å². The minimum absolute atomic E-state index is 0.289. The molecule has 0 bridgehead atoms. The van der Waals surface area contributed by atoms with Gasteiger partial charge in [0.25, 0.3) is 0 Å². The van der Waals surface area contributed by atoms with Gasteiger partial charge in [0.2, 0.25) is 0 Å². The van der Waals surface area contributed by atoms with Gasteiger partial charge >= 0.3 is 5.97 Å². The normalized spacial score (nSPS) is 24.7. The summed E-state index contributed by atoms with van der Waals surface area (Å²) in [7, 11) is 2.12. The molecule has 3 heteroatoms. The minimum atomic E-state index is -0.686. The predicted molar refractivity (Wildman–Crippen MR) is 60.9 cm³/mol. The molecule has 0 aromatic carbocycles. The lowest BCUT2D eigenvalue weighted by Crippen LogP contribution is -2.39. The average Bonchev–Trinajstić information content (AvgIpc) is 2.44. The Morgan fingerprint density at radius 1 is 1.53 bits per heavy atom. The summed E-state index contributed by atoms with van der Waals surface area (Å²) in [6, 6.07) is 0.631. The van der Waals surface area contributed by atoms with Gasteiger partial charge in [-0.15, -0.1) is 0 Å². The standard InChI is InChI=1S/C12H23NO2/c1-12(2)8-4-6-10(12)13(3)9-5-7-11(14)15/h10H,4-9H2,1-3H3,(H,14,15). The molecule has 15 heavy (non-hydrogen) atoms. The van der Waals surface area contributed by atoms with Crippen LogP contribution in [0, 0.1) is 5.41 Å². The highest BCUT2D eigenvalue weighted by Gasteiger charge is 2.36. The monoisotopic (exact) mass is 213 g/mol. The van der Waals surface area contributed by atoms with Gasteiger partial charge in [0, 0.05) is 12.5 Å². The van der Waals surface area contributed by atoms with E-state index in [1.165, 1.54) is 19.3 Å². The van der Waals surface area contributed by atoms with Crippen molar-refractivity contribution in [3.05, 3.63) is 0 Å². The molecule has 0 saturated heterocycles. The molecule has 0 radical (unpaired) electrons. The van der Waals surface area contributed by atoms with E-state index in [9.17, 15) is 4.79 Å². The van der Waals surface area contributed by atoms with Crippen LogP contribution in [0.5, 0.6) is 0 Å².